The number of aliphatic imine (C=N–C) groups is 2. The minimum absolute atomic E-state index is 0.119. The third-order valence-electron chi connectivity index (χ3n) is 4.43. The zero-order valence-corrected chi connectivity index (χ0v) is 14.3. The third kappa shape index (κ3) is 4.24. The van der Waals surface area contributed by atoms with Crippen molar-refractivity contribution in [1.82, 2.24) is 10.2 Å². The number of allylic oxidation sites excluding steroid dienone is 1. The highest BCUT2D eigenvalue weighted by molar-refractivity contribution is 5.70. The maximum Gasteiger partial charge on any atom is 0.126 e. The van der Waals surface area contributed by atoms with Crippen LogP contribution in [0.15, 0.2) is 52.6 Å². The molecule has 1 fully saturated rings. The van der Waals surface area contributed by atoms with Crippen molar-refractivity contribution in [2.75, 3.05) is 0 Å². The van der Waals surface area contributed by atoms with E-state index in [1.807, 2.05) is 31.2 Å². The van der Waals surface area contributed by atoms with E-state index in [-0.39, 0.29) is 5.82 Å². The van der Waals surface area contributed by atoms with Crippen LogP contribution >= 0.6 is 0 Å². The molecule has 0 bridgehead atoms. The summed E-state index contributed by atoms with van der Waals surface area (Å²) in [5.74, 6) is 0.675. The standard InChI is InChI=1S/C20H21FN4/c1-3-14-11-15(5-7-19(14)21)17-12-18(17)20-8-6-16(24-25-20)13-23-10-4-9-22-2/h4-11,17-18H,2-3,12-13H2,1H3/b9-4-,23-10?. The van der Waals surface area contributed by atoms with Gasteiger partial charge in [-0.15, -0.1) is 0 Å². The van der Waals surface area contributed by atoms with Crippen molar-refractivity contribution < 1.29 is 4.39 Å². The predicted octanol–water partition coefficient (Wildman–Crippen LogP) is 4.23. The van der Waals surface area contributed by atoms with Crippen molar-refractivity contribution in [2.24, 2.45) is 9.98 Å². The molecule has 1 saturated carbocycles. The largest absolute Gasteiger partial charge is 0.287 e. The molecule has 0 spiro atoms. The van der Waals surface area contributed by atoms with E-state index in [4.69, 9.17) is 0 Å². The van der Waals surface area contributed by atoms with Gasteiger partial charge in [-0.1, -0.05) is 19.1 Å². The summed E-state index contributed by atoms with van der Waals surface area (Å²) in [5.41, 5.74) is 3.80. The first-order valence-corrected chi connectivity index (χ1v) is 8.44. The van der Waals surface area contributed by atoms with E-state index in [9.17, 15) is 4.39 Å². The lowest BCUT2D eigenvalue weighted by molar-refractivity contribution is 0.611. The van der Waals surface area contributed by atoms with Crippen LogP contribution in [0.2, 0.25) is 0 Å². The summed E-state index contributed by atoms with van der Waals surface area (Å²) in [7, 11) is 0. The fourth-order valence-electron chi connectivity index (χ4n) is 2.95. The van der Waals surface area contributed by atoms with E-state index in [1.54, 1.807) is 24.6 Å². The van der Waals surface area contributed by atoms with E-state index in [1.165, 1.54) is 5.56 Å². The summed E-state index contributed by atoms with van der Waals surface area (Å²) in [6.45, 7) is 5.81. The molecule has 25 heavy (non-hydrogen) atoms. The molecule has 2 atom stereocenters. The lowest BCUT2D eigenvalue weighted by Crippen LogP contribution is -1.97. The Morgan fingerprint density at radius 3 is 2.84 bits per heavy atom. The molecule has 5 heteroatoms. The van der Waals surface area contributed by atoms with Crippen LogP contribution in [0.5, 0.6) is 0 Å². The highest BCUT2D eigenvalue weighted by Crippen LogP contribution is 2.54. The lowest BCUT2D eigenvalue weighted by Gasteiger charge is -2.05. The van der Waals surface area contributed by atoms with Crippen molar-refractivity contribution in [2.45, 2.75) is 38.1 Å². The molecular formula is C20H21FN4. The summed E-state index contributed by atoms with van der Waals surface area (Å²) in [5, 5.41) is 8.60. The van der Waals surface area contributed by atoms with Crippen LogP contribution in [0.4, 0.5) is 4.39 Å². The van der Waals surface area contributed by atoms with E-state index in [2.05, 4.69) is 26.9 Å². The van der Waals surface area contributed by atoms with Gasteiger partial charge in [0.15, 0.2) is 0 Å². The Labute approximate surface area is 147 Å². The van der Waals surface area contributed by atoms with Gasteiger partial charge in [-0.3, -0.25) is 9.98 Å². The zero-order chi connectivity index (χ0) is 17.6. The Morgan fingerprint density at radius 1 is 1.24 bits per heavy atom. The van der Waals surface area contributed by atoms with Crippen LogP contribution in [0.3, 0.4) is 0 Å². The van der Waals surface area contributed by atoms with Crippen LogP contribution < -0.4 is 0 Å². The molecule has 1 aliphatic rings. The number of nitrogens with zero attached hydrogens (tertiary/aromatic N) is 4. The summed E-state index contributed by atoms with van der Waals surface area (Å²) >= 11 is 0. The topological polar surface area (TPSA) is 50.5 Å². The maximum absolute atomic E-state index is 13.6. The van der Waals surface area contributed by atoms with E-state index < -0.39 is 0 Å². The van der Waals surface area contributed by atoms with Crippen LogP contribution in [0, 0.1) is 5.82 Å². The van der Waals surface area contributed by atoms with Gasteiger partial charge in [0.05, 0.1) is 17.9 Å². The van der Waals surface area contributed by atoms with Gasteiger partial charge in [-0.05, 0) is 60.9 Å². The quantitative estimate of drug-likeness (QED) is 0.710. The lowest BCUT2D eigenvalue weighted by atomic mass is 10.0. The highest BCUT2D eigenvalue weighted by atomic mass is 19.1. The number of hydrogen-bond donors (Lipinski definition) is 0. The molecule has 1 aromatic heterocycles. The Balaban J connectivity index is 1.62. The van der Waals surface area contributed by atoms with Crippen molar-refractivity contribution in [3.63, 3.8) is 0 Å². The van der Waals surface area contributed by atoms with Crippen LogP contribution in [-0.2, 0) is 13.0 Å². The fourth-order valence-corrected chi connectivity index (χ4v) is 2.95. The monoisotopic (exact) mass is 336 g/mol. The number of halogens is 1. The first-order valence-electron chi connectivity index (χ1n) is 8.44. The predicted molar refractivity (Wildman–Crippen MR) is 98.8 cm³/mol. The van der Waals surface area contributed by atoms with Crippen molar-refractivity contribution >= 4 is 12.9 Å². The van der Waals surface area contributed by atoms with Crippen LogP contribution in [0.25, 0.3) is 0 Å². The summed E-state index contributed by atoms with van der Waals surface area (Å²) < 4.78 is 13.6. The number of aryl methyl sites for hydroxylation is 1. The first-order chi connectivity index (χ1) is 12.2. The second-order valence-electron chi connectivity index (χ2n) is 6.12. The van der Waals surface area contributed by atoms with Crippen molar-refractivity contribution in [3.05, 3.63) is 70.9 Å². The molecule has 1 heterocycles. The zero-order valence-electron chi connectivity index (χ0n) is 14.3. The second kappa shape index (κ2) is 7.92. The van der Waals surface area contributed by atoms with Gasteiger partial charge >= 0.3 is 0 Å². The molecule has 2 aromatic rings. The van der Waals surface area contributed by atoms with E-state index in [0.29, 0.717) is 24.8 Å². The number of benzene rings is 1. The summed E-state index contributed by atoms with van der Waals surface area (Å²) in [6.07, 6.45) is 6.72. The smallest absolute Gasteiger partial charge is 0.126 e. The molecule has 0 amide bonds. The molecular weight excluding hydrogens is 315 g/mol. The van der Waals surface area contributed by atoms with E-state index in [0.717, 1.165) is 23.4 Å². The molecule has 0 radical (unpaired) electrons. The molecule has 128 valence electrons. The molecule has 2 unspecified atom stereocenters. The number of rotatable bonds is 7. The van der Waals surface area contributed by atoms with Gasteiger partial charge in [0.1, 0.15) is 5.82 Å². The fraction of sp³-hybridized carbons (Fsp3) is 0.300. The van der Waals surface area contributed by atoms with Gasteiger partial charge in [0.25, 0.3) is 0 Å². The minimum atomic E-state index is -0.119. The maximum atomic E-state index is 13.6. The molecule has 1 aromatic carbocycles. The van der Waals surface area contributed by atoms with Gasteiger partial charge in [0.2, 0.25) is 0 Å². The Kier molecular flexibility index (Phi) is 5.43. The van der Waals surface area contributed by atoms with Crippen molar-refractivity contribution in [1.29, 1.82) is 0 Å². The van der Waals surface area contributed by atoms with E-state index >= 15 is 0 Å². The molecule has 0 N–H and O–H groups in total. The minimum Gasteiger partial charge on any atom is -0.287 e. The average molecular weight is 336 g/mol. The highest BCUT2D eigenvalue weighted by Gasteiger charge is 2.41. The first kappa shape index (κ1) is 17.1. The Morgan fingerprint density at radius 2 is 2.12 bits per heavy atom. The number of hydrogen-bond acceptors (Lipinski definition) is 4. The molecule has 4 nitrogen and oxygen atoms in total. The Bertz CT molecular complexity index is 796. The third-order valence-corrected chi connectivity index (χ3v) is 4.43. The molecule has 0 aliphatic heterocycles. The molecule has 3 rings (SSSR count). The Hall–Kier alpha value is -2.69. The summed E-state index contributed by atoms with van der Waals surface area (Å²) in [6, 6.07) is 9.44. The van der Waals surface area contributed by atoms with Crippen LogP contribution in [0.1, 0.15) is 47.7 Å². The second-order valence-corrected chi connectivity index (χ2v) is 6.12. The van der Waals surface area contributed by atoms with Gasteiger partial charge in [0, 0.05) is 18.3 Å². The normalized spacial score (nSPS) is 19.6. The molecule has 0 saturated heterocycles. The van der Waals surface area contributed by atoms with Gasteiger partial charge < -0.3 is 0 Å². The van der Waals surface area contributed by atoms with Crippen LogP contribution in [-0.4, -0.2) is 23.1 Å². The van der Waals surface area contributed by atoms with Gasteiger partial charge in [-0.25, -0.2) is 4.39 Å². The van der Waals surface area contributed by atoms with Crippen molar-refractivity contribution in [3.8, 4) is 0 Å². The molecule has 1 aliphatic carbocycles. The summed E-state index contributed by atoms with van der Waals surface area (Å²) in [4.78, 5) is 7.82. The number of aromatic nitrogens is 2. The van der Waals surface area contributed by atoms with Gasteiger partial charge in [-0.2, -0.15) is 10.2 Å². The SMILES string of the molecule is C=N/C=C\C=NCc1ccc(C2CC2c2ccc(F)c(CC)c2)nn1. The average Bonchev–Trinajstić information content (AvgIpc) is 3.43.